The highest BCUT2D eigenvalue weighted by Gasteiger charge is 2.08. The van der Waals surface area contributed by atoms with Crippen molar-refractivity contribution in [2.75, 3.05) is 5.73 Å². The Morgan fingerprint density at radius 2 is 2.05 bits per heavy atom. The van der Waals surface area contributed by atoms with Crippen LogP contribution >= 0.6 is 0 Å². The van der Waals surface area contributed by atoms with Gasteiger partial charge in [-0.15, -0.1) is 0 Å². The summed E-state index contributed by atoms with van der Waals surface area (Å²) in [5.74, 6) is -0.498. The van der Waals surface area contributed by atoms with E-state index in [1.165, 1.54) is 19.1 Å². The summed E-state index contributed by atoms with van der Waals surface area (Å²) in [5.41, 5.74) is 7.27. The van der Waals surface area contributed by atoms with E-state index in [2.05, 4.69) is 0 Å². The quantitative estimate of drug-likeness (QED) is 0.677. The third-order valence-electron chi connectivity index (χ3n) is 2.68. The summed E-state index contributed by atoms with van der Waals surface area (Å²) < 4.78 is 19.0. The molecule has 0 heterocycles. The molecule has 0 fully saturated rings. The van der Waals surface area contributed by atoms with Crippen molar-refractivity contribution in [3.8, 4) is 5.75 Å². The number of rotatable bonds is 4. The van der Waals surface area contributed by atoms with E-state index in [1.54, 1.807) is 18.2 Å². The van der Waals surface area contributed by atoms with Gasteiger partial charge in [0.2, 0.25) is 0 Å². The van der Waals surface area contributed by atoms with E-state index in [0.29, 0.717) is 18.0 Å². The Kier molecular flexibility index (Phi) is 3.80. The Morgan fingerprint density at radius 3 is 2.68 bits per heavy atom. The maximum atomic E-state index is 13.6. The first-order chi connectivity index (χ1) is 9.06. The Labute approximate surface area is 110 Å². The molecule has 2 rings (SSSR count). The zero-order valence-electron chi connectivity index (χ0n) is 10.5. The molecule has 0 aromatic heterocycles. The highest BCUT2D eigenvalue weighted by atomic mass is 19.1. The second-order valence-electron chi connectivity index (χ2n) is 4.23. The van der Waals surface area contributed by atoms with Crippen LogP contribution in [0.1, 0.15) is 22.8 Å². The number of ether oxygens (including phenoxy) is 1. The zero-order chi connectivity index (χ0) is 13.8. The van der Waals surface area contributed by atoms with Gasteiger partial charge in [0.05, 0.1) is 5.56 Å². The van der Waals surface area contributed by atoms with Crippen LogP contribution in [-0.4, -0.2) is 5.78 Å². The number of carbonyl (C=O) groups is 1. The monoisotopic (exact) mass is 259 g/mol. The van der Waals surface area contributed by atoms with Gasteiger partial charge in [0.15, 0.2) is 5.78 Å². The van der Waals surface area contributed by atoms with E-state index >= 15 is 0 Å². The highest BCUT2D eigenvalue weighted by Crippen LogP contribution is 2.18. The lowest BCUT2D eigenvalue weighted by Crippen LogP contribution is -2.00. The summed E-state index contributed by atoms with van der Waals surface area (Å²) in [4.78, 5) is 11.1. The van der Waals surface area contributed by atoms with Crippen LogP contribution in [0.5, 0.6) is 5.75 Å². The lowest BCUT2D eigenvalue weighted by molar-refractivity contribution is 0.101. The number of Topliss-reactive ketones (excluding diaryl/α,β-unsaturated/α-hetero) is 1. The minimum Gasteiger partial charge on any atom is -0.489 e. The van der Waals surface area contributed by atoms with Crippen LogP contribution in [0.2, 0.25) is 0 Å². The van der Waals surface area contributed by atoms with Crippen molar-refractivity contribution in [3.05, 3.63) is 59.4 Å². The van der Waals surface area contributed by atoms with Crippen molar-refractivity contribution >= 4 is 11.5 Å². The first kappa shape index (κ1) is 13.1. The van der Waals surface area contributed by atoms with Gasteiger partial charge in [-0.05, 0) is 36.8 Å². The van der Waals surface area contributed by atoms with Gasteiger partial charge in [0.25, 0.3) is 0 Å². The fraction of sp³-hybridized carbons (Fsp3) is 0.133. The molecular weight excluding hydrogens is 245 g/mol. The van der Waals surface area contributed by atoms with Gasteiger partial charge in [-0.3, -0.25) is 4.79 Å². The molecule has 0 aliphatic heterocycles. The number of benzene rings is 2. The van der Waals surface area contributed by atoms with E-state index in [1.807, 2.05) is 12.1 Å². The number of hydrogen-bond donors (Lipinski definition) is 1. The molecule has 2 N–H and O–H groups in total. The molecular formula is C15H14FNO2. The Bertz CT molecular complexity index is 611. The third-order valence-corrected chi connectivity index (χ3v) is 2.68. The molecule has 0 bridgehead atoms. The molecule has 0 radical (unpaired) electrons. The van der Waals surface area contributed by atoms with Crippen molar-refractivity contribution in [2.24, 2.45) is 0 Å². The van der Waals surface area contributed by atoms with Gasteiger partial charge in [-0.25, -0.2) is 4.39 Å². The average molecular weight is 259 g/mol. The number of nitrogen functional groups attached to an aromatic ring is 1. The molecule has 0 saturated heterocycles. The number of halogens is 1. The van der Waals surface area contributed by atoms with Gasteiger partial charge in [0, 0.05) is 11.8 Å². The molecule has 0 saturated carbocycles. The predicted octanol–water partition coefficient (Wildman–Crippen LogP) is 3.19. The second kappa shape index (κ2) is 5.52. The van der Waals surface area contributed by atoms with Crippen molar-refractivity contribution in [3.63, 3.8) is 0 Å². The Morgan fingerprint density at radius 1 is 1.26 bits per heavy atom. The minimum absolute atomic E-state index is 0.0660. The topological polar surface area (TPSA) is 52.3 Å². The highest BCUT2D eigenvalue weighted by molar-refractivity contribution is 5.94. The number of carbonyl (C=O) groups excluding carboxylic acids is 1. The maximum Gasteiger partial charge on any atom is 0.162 e. The molecule has 0 spiro atoms. The molecule has 0 unspecified atom stereocenters. The lowest BCUT2D eigenvalue weighted by Gasteiger charge is -2.08. The normalized spacial score (nSPS) is 10.2. The van der Waals surface area contributed by atoms with E-state index in [4.69, 9.17) is 10.5 Å². The van der Waals surface area contributed by atoms with Crippen molar-refractivity contribution < 1.29 is 13.9 Å². The van der Waals surface area contributed by atoms with Crippen molar-refractivity contribution in [1.29, 1.82) is 0 Å². The first-order valence-corrected chi connectivity index (χ1v) is 5.84. The largest absolute Gasteiger partial charge is 0.489 e. The van der Waals surface area contributed by atoms with Gasteiger partial charge in [-0.1, -0.05) is 12.1 Å². The molecule has 19 heavy (non-hydrogen) atoms. The summed E-state index contributed by atoms with van der Waals surface area (Å²) in [5, 5.41) is 0. The predicted molar refractivity (Wildman–Crippen MR) is 71.6 cm³/mol. The molecule has 0 aliphatic carbocycles. The van der Waals surface area contributed by atoms with Crippen LogP contribution in [0.3, 0.4) is 0 Å². The Hall–Kier alpha value is -2.36. The van der Waals surface area contributed by atoms with Crippen LogP contribution in [0.15, 0.2) is 42.5 Å². The summed E-state index contributed by atoms with van der Waals surface area (Å²) in [6, 6.07) is 11.5. The summed E-state index contributed by atoms with van der Waals surface area (Å²) in [6.45, 7) is 1.62. The van der Waals surface area contributed by atoms with Gasteiger partial charge < -0.3 is 10.5 Å². The molecule has 2 aromatic carbocycles. The average Bonchev–Trinajstić information content (AvgIpc) is 2.36. The van der Waals surface area contributed by atoms with E-state index in [-0.39, 0.29) is 11.3 Å². The first-order valence-electron chi connectivity index (χ1n) is 5.84. The van der Waals surface area contributed by atoms with E-state index in [9.17, 15) is 9.18 Å². The van der Waals surface area contributed by atoms with Crippen LogP contribution in [0.25, 0.3) is 0 Å². The molecule has 98 valence electrons. The number of hydrogen-bond acceptors (Lipinski definition) is 3. The number of ketones is 1. The summed E-state index contributed by atoms with van der Waals surface area (Å²) in [7, 11) is 0. The van der Waals surface area contributed by atoms with Crippen molar-refractivity contribution in [1.82, 2.24) is 0 Å². The van der Waals surface area contributed by atoms with Crippen LogP contribution in [0, 0.1) is 5.82 Å². The molecule has 3 nitrogen and oxygen atoms in total. The van der Waals surface area contributed by atoms with E-state index in [0.717, 1.165) is 5.56 Å². The second-order valence-corrected chi connectivity index (χ2v) is 4.23. The lowest BCUT2D eigenvalue weighted by atomic mass is 10.1. The smallest absolute Gasteiger partial charge is 0.162 e. The third kappa shape index (κ3) is 3.31. The van der Waals surface area contributed by atoms with E-state index < -0.39 is 5.82 Å². The Balaban J connectivity index is 2.08. The van der Waals surface area contributed by atoms with Crippen LogP contribution in [-0.2, 0) is 6.61 Å². The molecule has 4 heteroatoms. The number of nitrogens with two attached hydrogens (primary N) is 1. The molecule has 0 amide bonds. The van der Waals surface area contributed by atoms with Gasteiger partial charge in [-0.2, -0.15) is 0 Å². The summed E-state index contributed by atoms with van der Waals surface area (Å²) >= 11 is 0. The minimum atomic E-state index is -0.572. The fourth-order valence-corrected chi connectivity index (χ4v) is 1.72. The standard InChI is InChI=1S/C15H14FNO2/c1-10(18)14-6-5-13(8-15(14)16)19-9-11-3-2-4-12(17)7-11/h2-8H,9,17H2,1H3. The fourth-order valence-electron chi connectivity index (χ4n) is 1.72. The van der Waals surface area contributed by atoms with Crippen LogP contribution < -0.4 is 10.5 Å². The summed E-state index contributed by atoms with van der Waals surface area (Å²) in [6.07, 6.45) is 0. The molecule has 2 aromatic rings. The maximum absolute atomic E-state index is 13.6. The molecule has 0 aliphatic rings. The zero-order valence-corrected chi connectivity index (χ0v) is 10.5. The van der Waals surface area contributed by atoms with Crippen LogP contribution in [0.4, 0.5) is 10.1 Å². The number of anilines is 1. The van der Waals surface area contributed by atoms with Gasteiger partial charge >= 0.3 is 0 Å². The SMILES string of the molecule is CC(=O)c1ccc(OCc2cccc(N)c2)cc1F. The molecule has 0 atom stereocenters. The van der Waals surface area contributed by atoms with Gasteiger partial charge in [0.1, 0.15) is 18.2 Å². The van der Waals surface area contributed by atoms with Crippen molar-refractivity contribution in [2.45, 2.75) is 13.5 Å².